The molecule has 0 spiro atoms. The fourth-order valence-corrected chi connectivity index (χ4v) is 3.41. The van der Waals surface area contributed by atoms with Gasteiger partial charge in [0, 0.05) is 20.1 Å². The summed E-state index contributed by atoms with van der Waals surface area (Å²) in [6.07, 6.45) is -4.50. The molecule has 196 valence electrons. The zero-order valence-corrected chi connectivity index (χ0v) is 22.1. The van der Waals surface area contributed by atoms with Crippen molar-refractivity contribution >= 4 is 68.9 Å². The molecule has 0 aliphatic carbocycles. The number of amides is 2. The average molecular weight is 624 g/mol. The maximum Gasteiger partial charge on any atom is 0.349 e. The van der Waals surface area contributed by atoms with Crippen LogP contribution in [-0.2, 0) is 19.1 Å². The number of carbonyl (C=O) groups excluding carboxylic acids is 4. The van der Waals surface area contributed by atoms with Crippen molar-refractivity contribution in [3.05, 3.63) is 104 Å². The van der Waals surface area contributed by atoms with Crippen molar-refractivity contribution in [1.82, 2.24) is 10.9 Å². The number of hydrogen-bond donors (Lipinski definition) is 3. The Labute approximate surface area is 233 Å². The third-order valence-corrected chi connectivity index (χ3v) is 5.84. The lowest BCUT2D eigenvalue weighted by atomic mass is 10.1. The number of rotatable bonds is 8. The van der Waals surface area contributed by atoms with Crippen LogP contribution in [0.5, 0.6) is 0 Å². The Morgan fingerprint density at radius 2 is 1.08 bits per heavy atom. The quantitative estimate of drug-likeness (QED) is 0.251. The van der Waals surface area contributed by atoms with Crippen LogP contribution in [0.4, 0.5) is 0 Å². The van der Waals surface area contributed by atoms with Gasteiger partial charge < -0.3 is 14.6 Å². The highest BCUT2D eigenvalue weighted by Crippen LogP contribution is 2.17. The summed E-state index contributed by atoms with van der Waals surface area (Å²) in [6.45, 7) is 0. The standard InChI is InChI=1S/C25H17BrCl2N2O8/c26-16-7-1-13(2-8-16)21(31)29-30-22(32)19(37-24(35)14-3-9-17(27)10-4-14)20(23(33)34)38-25(36)15-5-11-18(28)12-6-15/h1-12,19-20H,(H,29,31)(H,30,32)(H,33,34)/t19-,20-/m1/s1. The minimum absolute atomic E-state index is 0.0701. The summed E-state index contributed by atoms with van der Waals surface area (Å²) in [4.78, 5) is 62.7. The van der Waals surface area contributed by atoms with Crippen LogP contribution in [-0.4, -0.2) is 47.0 Å². The molecule has 38 heavy (non-hydrogen) atoms. The molecule has 0 aliphatic rings. The van der Waals surface area contributed by atoms with E-state index in [1.54, 1.807) is 12.1 Å². The van der Waals surface area contributed by atoms with Gasteiger partial charge in [0.25, 0.3) is 11.8 Å². The van der Waals surface area contributed by atoms with Gasteiger partial charge in [0.15, 0.2) is 0 Å². The number of hydrogen-bond acceptors (Lipinski definition) is 7. The molecule has 0 radical (unpaired) electrons. The van der Waals surface area contributed by atoms with Crippen molar-refractivity contribution in [1.29, 1.82) is 0 Å². The Bertz CT molecular complexity index is 1350. The molecule has 2 atom stereocenters. The molecule has 3 N–H and O–H groups in total. The van der Waals surface area contributed by atoms with Crippen molar-refractivity contribution in [2.75, 3.05) is 0 Å². The average Bonchev–Trinajstić information content (AvgIpc) is 2.89. The van der Waals surface area contributed by atoms with E-state index >= 15 is 0 Å². The van der Waals surface area contributed by atoms with Gasteiger partial charge in [-0.05, 0) is 72.8 Å². The van der Waals surface area contributed by atoms with Crippen LogP contribution in [0, 0.1) is 0 Å². The van der Waals surface area contributed by atoms with Crippen LogP contribution >= 0.6 is 39.1 Å². The van der Waals surface area contributed by atoms with E-state index < -0.39 is 41.9 Å². The topological polar surface area (TPSA) is 148 Å². The van der Waals surface area contributed by atoms with Crippen molar-refractivity contribution in [2.45, 2.75) is 12.2 Å². The third-order valence-electron chi connectivity index (χ3n) is 4.81. The van der Waals surface area contributed by atoms with Gasteiger partial charge >= 0.3 is 17.9 Å². The fraction of sp³-hybridized carbons (Fsp3) is 0.0800. The van der Waals surface area contributed by atoms with Crippen molar-refractivity contribution in [2.24, 2.45) is 0 Å². The molecule has 0 saturated carbocycles. The number of carbonyl (C=O) groups is 5. The van der Waals surface area contributed by atoms with E-state index in [9.17, 15) is 29.1 Å². The van der Waals surface area contributed by atoms with Crippen LogP contribution in [0.2, 0.25) is 10.0 Å². The highest BCUT2D eigenvalue weighted by atomic mass is 79.9. The highest BCUT2D eigenvalue weighted by Gasteiger charge is 2.41. The summed E-state index contributed by atoms with van der Waals surface area (Å²) in [6, 6.07) is 16.7. The van der Waals surface area contributed by atoms with Gasteiger partial charge in [-0.25, -0.2) is 14.4 Å². The van der Waals surface area contributed by atoms with Gasteiger partial charge in [0.2, 0.25) is 12.2 Å². The Morgan fingerprint density at radius 3 is 1.53 bits per heavy atom. The molecule has 0 saturated heterocycles. The Morgan fingerprint density at radius 1 is 0.658 bits per heavy atom. The number of aliphatic carboxylic acids is 1. The SMILES string of the molecule is O=C(NNC(=O)[C@H](OC(=O)c1ccc(Cl)cc1)[C@@H](OC(=O)c1ccc(Cl)cc1)C(=O)O)c1ccc(Br)cc1. The summed E-state index contributed by atoms with van der Waals surface area (Å²) in [5, 5.41) is 10.4. The molecule has 0 fully saturated rings. The number of hydrazine groups is 1. The van der Waals surface area contributed by atoms with Gasteiger partial charge in [-0.15, -0.1) is 0 Å². The molecule has 0 unspecified atom stereocenters. The number of esters is 2. The summed E-state index contributed by atoms with van der Waals surface area (Å²) in [7, 11) is 0. The lowest BCUT2D eigenvalue weighted by Crippen LogP contribution is -2.54. The maximum atomic E-state index is 13.0. The Hall–Kier alpha value is -3.93. The molecule has 13 heteroatoms. The lowest BCUT2D eigenvalue weighted by Gasteiger charge is -2.23. The number of benzene rings is 3. The van der Waals surface area contributed by atoms with E-state index in [0.717, 1.165) is 0 Å². The normalized spacial score (nSPS) is 12.0. The van der Waals surface area contributed by atoms with E-state index in [-0.39, 0.29) is 16.7 Å². The molecule has 0 aromatic heterocycles. The minimum Gasteiger partial charge on any atom is -0.478 e. The molecule has 0 bridgehead atoms. The van der Waals surface area contributed by atoms with Crippen molar-refractivity contribution in [3.8, 4) is 0 Å². The predicted octanol–water partition coefficient (Wildman–Crippen LogP) is 4.05. The molecule has 0 aliphatic heterocycles. The molecule has 3 rings (SSSR count). The van der Waals surface area contributed by atoms with Gasteiger partial charge in [-0.2, -0.15) is 0 Å². The second kappa shape index (κ2) is 13.0. The first-order valence-corrected chi connectivity index (χ1v) is 12.1. The van der Waals surface area contributed by atoms with Gasteiger partial charge in [-0.3, -0.25) is 20.4 Å². The number of nitrogens with one attached hydrogen (secondary N) is 2. The van der Waals surface area contributed by atoms with E-state index in [0.29, 0.717) is 14.5 Å². The molecule has 10 nitrogen and oxygen atoms in total. The molecule has 0 heterocycles. The van der Waals surface area contributed by atoms with E-state index in [4.69, 9.17) is 32.7 Å². The maximum absolute atomic E-state index is 13.0. The van der Waals surface area contributed by atoms with Crippen LogP contribution in [0.15, 0.2) is 77.3 Å². The summed E-state index contributed by atoms with van der Waals surface area (Å²) in [5.74, 6) is -6.08. The van der Waals surface area contributed by atoms with Gasteiger partial charge in [0.05, 0.1) is 11.1 Å². The van der Waals surface area contributed by atoms with Crippen LogP contribution in [0.25, 0.3) is 0 Å². The zero-order valence-electron chi connectivity index (χ0n) is 19.0. The molecular formula is C25H17BrCl2N2O8. The van der Waals surface area contributed by atoms with E-state index in [2.05, 4.69) is 21.4 Å². The Balaban J connectivity index is 1.84. The molecule has 3 aromatic carbocycles. The summed E-state index contributed by atoms with van der Waals surface area (Å²) in [5.41, 5.74) is 4.10. The monoisotopic (exact) mass is 622 g/mol. The largest absolute Gasteiger partial charge is 0.478 e. The second-order valence-corrected chi connectivity index (χ2v) is 9.24. The first-order chi connectivity index (χ1) is 18.0. The van der Waals surface area contributed by atoms with E-state index in [1.165, 1.54) is 60.7 Å². The number of ether oxygens (including phenoxy) is 2. The van der Waals surface area contributed by atoms with Crippen LogP contribution in [0.1, 0.15) is 31.1 Å². The predicted molar refractivity (Wildman–Crippen MR) is 139 cm³/mol. The smallest absolute Gasteiger partial charge is 0.349 e. The van der Waals surface area contributed by atoms with Crippen molar-refractivity contribution in [3.63, 3.8) is 0 Å². The van der Waals surface area contributed by atoms with Crippen molar-refractivity contribution < 1.29 is 38.6 Å². The first kappa shape index (κ1) is 28.6. The Kier molecular flexibility index (Phi) is 9.83. The third kappa shape index (κ3) is 7.78. The van der Waals surface area contributed by atoms with Gasteiger partial charge in [0.1, 0.15) is 0 Å². The van der Waals surface area contributed by atoms with Crippen LogP contribution < -0.4 is 10.9 Å². The summed E-state index contributed by atoms with van der Waals surface area (Å²) < 4.78 is 10.9. The zero-order chi connectivity index (χ0) is 27.8. The molecular weight excluding hydrogens is 607 g/mol. The molecule has 2 amide bonds. The highest BCUT2D eigenvalue weighted by molar-refractivity contribution is 9.10. The van der Waals surface area contributed by atoms with Gasteiger partial charge in [-0.1, -0.05) is 39.1 Å². The number of carboxylic acid groups (broad SMARTS) is 1. The summed E-state index contributed by atoms with van der Waals surface area (Å²) >= 11 is 14.8. The first-order valence-electron chi connectivity index (χ1n) is 10.6. The minimum atomic E-state index is -2.29. The second-order valence-electron chi connectivity index (χ2n) is 7.45. The van der Waals surface area contributed by atoms with E-state index in [1.807, 2.05) is 5.43 Å². The van der Waals surface area contributed by atoms with Crippen LogP contribution in [0.3, 0.4) is 0 Å². The number of halogens is 3. The molecule has 3 aromatic rings. The lowest BCUT2D eigenvalue weighted by molar-refractivity contribution is -0.159. The fourth-order valence-electron chi connectivity index (χ4n) is 2.90. The number of carboxylic acids is 1.